The highest BCUT2D eigenvalue weighted by atomic mass is 16.5. The second-order valence-electron chi connectivity index (χ2n) is 4.11. The molecule has 1 aromatic rings. The lowest BCUT2D eigenvalue weighted by Gasteiger charge is -2.08. The van der Waals surface area contributed by atoms with Gasteiger partial charge >= 0.3 is 0 Å². The smallest absolute Gasteiger partial charge is 0.244 e. The van der Waals surface area contributed by atoms with E-state index >= 15 is 0 Å². The van der Waals surface area contributed by atoms with Gasteiger partial charge in [0.25, 0.3) is 0 Å². The van der Waals surface area contributed by atoms with Crippen LogP contribution in [0.5, 0.6) is 5.75 Å². The molecule has 0 unspecified atom stereocenters. The Morgan fingerprint density at radius 2 is 2.21 bits per heavy atom. The molecule has 0 aliphatic heterocycles. The number of carbonyl (C=O) groups is 1. The summed E-state index contributed by atoms with van der Waals surface area (Å²) in [6.45, 7) is 6.84. The highest BCUT2D eigenvalue weighted by Crippen LogP contribution is 2.19. The highest BCUT2D eigenvalue weighted by Gasteiger charge is 2.00. The van der Waals surface area contributed by atoms with Crippen molar-refractivity contribution in [2.45, 2.75) is 19.8 Å². The van der Waals surface area contributed by atoms with Gasteiger partial charge in [-0.1, -0.05) is 37.6 Å². The molecule has 3 nitrogen and oxygen atoms in total. The molecule has 0 bridgehead atoms. The second-order valence-corrected chi connectivity index (χ2v) is 4.11. The van der Waals surface area contributed by atoms with Crippen LogP contribution in [0.4, 0.5) is 0 Å². The van der Waals surface area contributed by atoms with Crippen molar-refractivity contribution in [2.24, 2.45) is 0 Å². The second kappa shape index (κ2) is 8.97. The van der Waals surface area contributed by atoms with E-state index in [0.29, 0.717) is 13.2 Å². The first kappa shape index (κ1) is 15.0. The Hall–Kier alpha value is -2.03. The molecule has 0 saturated heterocycles. The number of para-hydroxylation sites is 1. The molecule has 0 aliphatic carbocycles. The fraction of sp³-hybridized carbons (Fsp3) is 0.312. The average molecular weight is 259 g/mol. The maximum atomic E-state index is 11.5. The zero-order valence-corrected chi connectivity index (χ0v) is 11.4. The molecule has 1 aromatic carbocycles. The Morgan fingerprint density at radius 1 is 1.42 bits per heavy atom. The Morgan fingerprint density at radius 3 is 2.95 bits per heavy atom. The van der Waals surface area contributed by atoms with Gasteiger partial charge in [0.05, 0.1) is 6.61 Å². The minimum Gasteiger partial charge on any atom is -0.493 e. The van der Waals surface area contributed by atoms with Gasteiger partial charge in [-0.15, -0.1) is 6.58 Å². The fourth-order valence-corrected chi connectivity index (χ4v) is 1.47. The molecule has 3 heteroatoms. The predicted octanol–water partition coefficient (Wildman–Crippen LogP) is 3.18. The van der Waals surface area contributed by atoms with Gasteiger partial charge in [0.15, 0.2) is 0 Å². The van der Waals surface area contributed by atoms with E-state index in [2.05, 4.69) is 18.8 Å². The van der Waals surface area contributed by atoms with Gasteiger partial charge in [0, 0.05) is 18.2 Å². The van der Waals surface area contributed by atoms with Crippen molar-refractivity contribution in [3.63, 3.8) is 0 Å². The minimum absolute atomic E-state index is 0.136. The van der Waals surface area contributed by atoms with Crippen molar-refractivity contribution in [1.82, 2.24) is 5.32 Å². The Bertz CT molecular complexity index is 438. The number of hydrogen-bond donors (Lipinski definition) is 1. The van der Waals surface area contributed by atoms with Crippen LogP contribution in [0.3, 0.4) is 0 Å². The van der Waals surface area contributed by atoms with Crippen molar-refractivity contribution in [1.29, 1.82) is 0 Å². The zero-order valence-electron chi connectivity index (χ0n) is 11.4. The fourth-order valence-electron chi connectivity index (χ4n) is 1.47. The number of carbonyl (C=O) groups excluding carboxylic acids is 1. The third-order valence-electron chi connectivity index (χ3n) is 2.51. The van der Waals surface area contributed by atoms with E-state index < -0.39 is 0 Å². The molecule has 0 atom stereocenters. The Kier molecular flexibility index (Phi) is 7.10. The topological polar surface area (TPSA) is 38.3 Å². The first-order valence-corrected chi connectivity index (χ1v) is 6.56. The van der Waals surface area contributed by atoms with Crippen molar-refractivity contribution in [3.8, 4) is 5.75 Å². The van der Waals surface area contributed by atoms with Crippen LogP contribution in [-0.4, -0.2) is 19.1 Å². The molecule has 0 spiro atoms. The summed E-state index contributed by atoms with van der Waals surface area (Å²) in [4.78, 5) is 11.5. The summed E-state index contributed by atoms with van der Waals surface area (Å²) in [6, 6.07) is 7.69. The molecule has 0 aliphatic rings. The van der Waals surface area contributed by atoms with Crippen molar-refractivity contribution in [3.05, 3.63) is 48.6 Å². The molecule has 102 valence electrons. The van der Waals surface area contributed by atoms with Crippen LogP contribution in [0.2, 0.25) is 0 Å². The zero-order chi connectivity index (χ0) is 13.9. The van der Waals surface area contributed by atoms with Crippen molar-refractivity contribution < 1.29 is 9.53 Å². The number of nitrogens with one attached hydrogen (secondary N) is 1. The molecular weight excluding hydrogens is 238 g/mol. The lowest BCUT2D eigenvalue weighted by Crippen LogP contribution is -2.20. The molecule has 1 N–H and O–H groups in total. The average Bonchev–Trinajstić information content (AvgIpc) is 2.44. The van der Waals surface area contributed by atoms with Crippen molar-refractivity contribution in [2.75, 3.05) is 13.2 Å². The first-order valence-electron chi connectivity index (χ1n) is 6.56. The summed E-state index contributed by atoms with van der Waals surface area (Å²) in [7, 11) is 0. The van der Waals surface area contributed by atoms with E-state index in [1.165, 1.54) is 6.08 Å². The number of ether oxygens (including phenoxy) is 1. The van der Waals surface area contributed by atoms with Crippen LogP contribution in [0, 0.1) is 0 Å². The molecule has 19 heavy (non-hydrogen) atoms. The maximum Gasteiger partial charge on any atom is 0.244 e. The van der Waals surface area contributed by atoms with Gasteiger partial charge in [-0.05, 0) is 18.6 Å². The van der Waals surface area contributed by atoms with E-state index in [0.717, 1.165) is 24.2 Å². The van der Waals surface area contributed by atoms with Crippen molar-refractivity contribution >= 4 is 12.0 Å². The van der Waals surface area contributed by atoms with Gasteiger partial charge in [0.2, 0.25) is 5.91 Å². The van der Waals surface area contributed by atoms with Gasteiger partial charge in [-0.2, -0.15) is 0 Å². The summed E-state index contributed by atoms with van der Waals surface area (Å²) in [6.07, 6.45) is 7.04. The molecule has 1 amide bonds. The van der Waals surface area contributed by atoms with E-state index in [4.69, 9.17) is 4.74 Å². The summed E-state index contributed by atoms with van der Waals surface area (Å²) >= 11 is 0. The molecule has 1 rings (SSSR count). The van der Waals surface area contributed by atoms with Gasteiger partial charge in [-0.3, -0.25) is 4.79 Å². The minimum atomic E-state index is -0.136. The first-order chi connectivity index (χ1) is 9.27. The van der Waals surface area contributed by atoms with Crippen LogP contribution in [0.15, 0.2) is 43.0 Å². The Balaban J connectivity index is 2.63. The van der Waals surface area contributed by atoms with Crippen LogP contribution >= 0.6 is 0 Å². The van der Waals surface area contributed by atoms with Crippen LogP contribution in [0.1, 0.15) is 25.3 Å². The van der Waals surface area contributed by atoms with Gasteiger partial charge in [-0.25, -0.2) is 0 Å². The molecule has 0 radical (unpaired) electrons. The SMILES string of the molecule is C=CCNC(=O)/C=C/c1ccccc1OCCCC. The predicted molar refractivity (Wildman–Crippen MR) is 79.1 cm³/mol. The lowest BCUT2D eigenvalue weighted by atomic mass is 10.2. The highest BCUT2D eigenvalue weighted by molar-refractivity contribution is 5.92. The number of unbranched alkanes of at least 4 members (excludes halogenated alkanes) is 1. The normalized spacial score (nSPS) is 10.4. The lowest BCUT2D eigenvalue weighted by molar-refractivity contribution is -0.116. The van der Waals surface area contributed by atoms with Crippen LogP contribution in [-0.2, 0) is 4.79 Å². The van der Waals surface area contributed by atoms with E-state index in [1.54, 1.807) is 12.2 Å². The monoisotopic (exact) mass is 259 g/mol. The molecule has 0 saturated carbocycles. The summed E-state index contributed by atoms with van der Waals surface area (Å²) < 4.78 is 5.69. The number of benzene rings is 1. The third-order valence-corrected chi connectivity index (χ3v) is 2.51. The van der Waals surface area contributed by atoms with Crippen LogP contribution in [0.25, 0.3) is 6.08 Å². The number of rotatable bonds is 8. The molecule has 0 heterocycles. The quantitative estimate of drug-likeness (QED) is 0.442. The molecular formula is C16H21NO2. The van der Waals surface area contributed by atoms with E-state index in [9.17, 15) is 4.79 Å². The summed E-state index contributed by atoms with van der Waals surface area (Å²) in [5, 5.41) is 2.69. The molecule has 0 fully saturated rings. The largest absolute Gasteiger partial charge is 0.493 e. The molecule has 0 aromatic heterocycles. The number of amides is 1. The third kappa shape index (κ3) is 5.91. The van der Waals surface area contributed by atoms with Gasteiger partial charge in [0.1, 0.15) is 5.75 Å². The van der Waals surface area contributed by atoms with Gasteiger partial charge < -0.3 is 10.1 Å². The summed E-state index contributed by atoms with van der Waals surface area (Å²) in [5.41, 5.74) is 0.910. The number of hydrogen-bond acceptors (Lipinski definition) is 2. The summed E-state index contributed by atoms with van der Waals surface area (Å²) in [5.74, 6) is 0.673. The van der Waals surface area contributed by atoms with Crippen LogP contribution < -0.4 is 10.1 Å². The Labute approximate surface area is 115 Å². The standard InChI is InChI=1S/C16H21NO2/c1-3-5-13-19-15-9-7-6-8-14(15)10-11-16(18)17-12-4-2/h4,6-11H,2-3,5,12-13H2,1H3,(H,17,18)/b11-10+. The van der Waals surface area contributed by atoms with E-state index in [1.807, 2.05) is 24.3 Å². The van der Waals surface area contributed by atoms with E-state index in [-0.39, 0.29) is 5.91 Å². The maximum absolute atomic E-state index is 11.5.